The van der Waals surface area contributed by atoms with Crippen LogP contribution in [0.2, 0.25) is 0 Å². The number of hydrogen-bond donors (Lipinski definition) is 2. The fraction of sp³-hybridized carbons (Fsp3) is 0.263. The monoisotopic (exact) mass is 359 g/mol. The van der Waals surface area contributed by atoms with Crippen LogP contribution in [0.4, 0.5) is 4.39 Å². The van der Waals surface area contributed by atoms with Crippen molar-refractivity contribution in [3.8, 4) is 11.5 Å². The van der Waals surface area contributed by atoms with E-state index in [4.69, 9.17) is 14.6 Å². The molecular formula is C19H18FNO5. The Morgan fingerprint density at radius 3 is 2.54 bits per heavy atom. The average molecular weight is 359 g/mol. The normalized spacial score (nSPS) is 13.8. The zero-order chi connectivity index (χ0) is 18.7. The third-order valence-electron chi connectivity index (χ3n) is 4.14. The maximum absolute atomic E-state index is 14.1. The molecule has 2 aromatic carbocycles. The highest BCUT2D eigenvalue weighted by Crippen LogP contribution is 2.33. The summed E-state index contributed by atoms with van der Waals surface area (Å²) in [5.74, 6) is -1.48. The number of halogens is 1. The Bertz CT molecular complexity index is 852. The van der Waals surface area contributed by atoms with Crippen molar-refractivity contribution in [3.05, 3.63) is 58.9 Å². The first-order valence-electron chi connectivity index (χ1n) is 8.23. The summed E-state index contributed by atoms with van der Waals surface area (Å²) in [5, 5.41) is 11.7. The largest absolute Gasteiger partial charge is 0.486 e. The van der Waals surface area contributed by atoms with Crippen molar-refractivity contribution >= 4 is 11.9 Å². The fourth-order valence-corrected chi connectivity index (χ4v) is 2.77. The van der Waals surface area contributed by atoms with E-state index in [0.717, 1.165) is 11.6 Å². The van der Waals surface area contributed by atoms with Crippen LogP contribution in [-0.2, 0) is 0 Å². The van der Waals surface area contributed by atoms with E-state index in [0.29, 0.717) is 31.1 Å². The third kappa shape index (κ3) is 3.61. The number of rotatable bonds is 5. The number of carboxylic acids is 1. The van der Waals surface area contributed by atoms with Gasteiger partial charge in [0.15, 0.2) is 11.5 Å². The number of amides is 1. The van der Waals surface area contributed by atoms with Crippen molar-refractivity contribution < 1.29 is 28.6 Å². The van der Waals surface area contributed by atoms with Crippen LogP contribution in [0.15, 0.2) is 36.4 Å². The number of ether oxygens (including phenoxy) is 2. The predicted molar refractivity (Wildman–Crippen MR) is 91.3 cm³/mol. The van der Waals surface area contributed by atoms with Gasteiger partial charge in [-0.15, -0.1) is 0 Å². The fourth-order valence-electron chi connectivity index (χ4n) is 2.77. The lowest BCUT2D eigenvalue weighted by Gasteiger charge is -2.22. The SMILES string of the molecule is CCC(NC(=O)c1ccc(C(=O)O)cc1F)c1ccc2c(c1)OCCO2. The number of carbonyl (C=O) groups excluding carboxylic acids is 1. The minimum Gasteiger partial charge on any atom is -0.486 e. The number of nitrogens with one attached hydrogen (secondary N) is 1. The molecule has 1 atom stereocenters. The number of carboxylic acid groups (broad SMARTS) is 1. The van der Waals surface area contributed by atoms with E-state index in [2.05, 4.69) is 5.32 Å². The first-order chi connectivity index (χ1) is 12.5. The minimum absolute atomic E-state index is 0.203. The summed E-state index contributed by atoms with van der Waals surface area (Å²) in [4.78, 5) is 23.3. The molecule has 0 saturated heterocycles. The molecule has 0 bridgehead atoms. The van der Waals surface area contributed by atoms with Crippen LogP contribution in [0.25, 0.3) is 0 Å². The molecule has 1 aliphatic heterocycles. The van der Waals surface area contributed by atoms with E-state index in [-0.39, 0.29) is 17.2 Å². The molecule has 1 heterocycles. The van der Waals surface area contributed by atoms with Gasteiger partial charge in [-0.25, -0.2) is 9.18 Å². The van der Waals surface area contributed by atoms with Crippen molar-refractivity contribution in [3.63, 3.8) is 0 Å². The summed E-state index contributed by atoms with van der Waals surface area (Å²) < 4.78 is 25.1. The van der Waals surface area contributed by atoms with Gasteiger partial charge in [-0.3, -0.25) is 4.79 Å². The van der Waals surface area contributed by atoms with E-state index in [1.54, 1.807) is 12.1 Å². The Balaban J connectivity index is 1.80. The number of carbonyl (C=O) groups is 2. The molecule has 136 valence electrons. The van der Waals surface area contributed by atoms with Crippen LogP contribution in [0.5, 0.6) is 11.5 Å². The topological polar surface area (TPSA) is 84.9 Å². The Morgan fingerprint density at radius 1 is 1.15 bits per heavy atom. The molecular weight excluding hydrogens is 341 g/mol. The van der Waals surface area contributed by atoms with E-state index in [1.807, 2.05) is 13.0 Å². The summed E-state index contributed by atoms with van der Waals surface area (Å²) in [6.07, 6.45) is 0.584. The Labute approximate surface area is 149 Å². The number of hydrogen-bond acceptors (Lipinski definition) is 4. The molecule has 0 saturated carbocycles. The van der Waals surface area contributed by atoms with Gasteiger partial charge in [0.05, 0.1) is 17.2 Å². The standard InChI is InChI=1S/C19H18FNO5/c1-2-15(11-4-6-16-17(10-11)26-8-7-25-16)21-18(22)13-5-3-12(19(23)24)9-14(13)20/h3-6,9-10,15H,2,7-8H2,1H3,(H,21,22)(H,23,24). The minimum atomic E-state index is -1.25. The quantitative estimate of drug-likeness (QED) is 0.856. The van der Waals surface area contributed by atoms with Crippen molar-refractivity contribution in [2.24, 2.45) is 0 Å². The first-order valence-corrected chi connectivity index (χ1v) is 8.23. The Morgan fingerprint density at radius 2 is 1.88 bits per heavy atom. The smallest absolute Gasteiger partial charge is 0.335 e. The molecule has 2 aromatic rings. The van der Waals surface area contributed by atoms with Gasteiger partial charge in [-0.1, -0.05) is 13.0 Å². The van der Waals surface area contributed by atoms with Crippen molar-refractivity contribution in [2.75, 3.05) is 13.2 Å². The highest BCUT2D eigenvalue weighted by atomic mass is 19.1. The number of fused-ring (bicyclic) bond motifs is 1. The van der Waals surface area contributed by atoms with Crippen LogP contribution in [0.3, 0.4) is 0 Å². The average Bonchev–Trinajstić information content (AvgIpc) is 2.65. The molecule has 0 radical (unpaired) electrons. The molecule has 7 heteroatoms. The molecule has 1 aliphatic rings. The molecule has 0 aliphatic carbocycles. The van der Waals surface area contributed by atoms with E-state index < -0.39 is 17.7 Å². The summed E-state index contributed by atoms with van der Waals surface area (Å²) in [5.41, 5.74) is 0.400. The van der Waals surface area contributed by atoms with Crippen molar-refractivity contribution in [2.45, 2.75) is 19.4 Å². The maximum atomic E-state index is 14.1. The van der Waals surface area contributed by atoms with Gasteiger partial charge in [-0.05, 0) is 42.3 Å². The zero-order valence-electron chi connectivity index (χ0n) is 14.1. The highest BCUT2D eigenvalue weighted by molar-refractivity contribution is 5.96. The Kier molecular flexibility index (Phi) is 5.06. The van der Waals surface area contributed by atoms with Gasteiger partial charge in [-0.2, -0.15) is 0 Å². The second kappa shape index (κ2) is 7.43. The molecule has 0 spiro atoms. The number of aromatic carboxylic acids is 1. The van der Waals surface area contributed by atoms with Crippen molar-refractivity contribution in [1.82, 2.24) is 5.32 Å². The van der Waals surface area contributed by atoms with E-state index >= 15 is 0 Å². The maximum Gasteiger partial charge on any atom is 0.335 e. The lowest BCUT2D eigenvalue weighted by atomic mass is 10.0. The van der Waals surface area contributed by atoms with Gasteiger partial charge in [0.1, 0.15) is 19.0 Å². The van der Waals surface area contributed by atoms with Gasteiger partial charge in [0, 0.05) is 0 Å². The summed E-state index contributed by atoms with van der Waals surface area (Å²) >= 11 is 0. The lowest BCUT2D eigenvalue weighted by Crippen LogP contribution is -2.29. The molecule has 1 amide bonds. The van der Waals surface area contributed by atoms with Crippen LogP contribution >= 0.6 is 0 Å². The van der Waals surface area contributed by atoms with Crippen LogP contribution < -0.4 is 14.8 Å². The molecule has 26 heavy (non-hydrogen) atoms. The van der Waals surface area contributed by atoms with Gasteiger partial charge < -0.3 is 19.9 Å². The van der Waals surface area contributed by atoms with Crippen LogP contribution in [0, 0.1) is 5.82 Å². The second-order valence-electron chi connectivity index (χ2n) is 5.84. The van der Waals surface area contributed by atoms with Gasteiger partial charge in [0.25, 0.3) is 5.91 Å². The molecule has 1 unspecified atom stereocenters. The van der Waals surface area contributed by atoms with Crippen LogP contribution in [0.1, 0.15) is 45.7 Å². The molecule has 0 aromatic heterocycles. The highest BCUT2D eigenvalue weighted by Gasteiger charge is 2.20. The molecule has 2 N–H and O–H groups in total. The summed E-state index contributed by atoms with van der Waals surface area (Å²) in [7, 11) is 0. The first kappa shape index (κ1) is 17.7. The summed E-state index contributed by atoms with van der Waals surface area (Å²) in [6, 6.07) is 8.26. The molecule has 0 fully saturated rings. The molecule has 6 nitrogen and oxygen atoms in total. The zero-order valence-corrected chi connectivity index (χ0v) is 14.1. The number of benzene rings is 2. The third-order valence-corrected chi connectivity index (χ3v) is 4.14. The lowest BCUT2D eigenvalue weighted by molar-refractivity contribution is 0.0695. The van der Waals surface area contributed by atoms with Crippen LogP contribution in [-0.4, -0.2) is 30.2 Å². The van der Waals surface area contributed by atoms with E-state index in [9.17, 15) is 14.0 Å². The Hall–Kier alpha value is -3.09. The van der Waals surface area contributed by atoms with Gasteiger partial charge in [0.2, 0.25) is 0 Å². The summed E-state index contributed by atoms with van der Waals surface area (Å²) in [6.45, 7) is 2.85. The van der Waals surface area contributed by atoms with Crippen molar-refractivity contribution in [1.29, 1.82) is 0 Å². The van der Waals surface area contributed by atoms with Gasteiger partial charge >= 0.3 is 5.97 Å². The molecule has 3 rings (SSSR count). The predicted octanol–water partition coefficient (Wildman–Crippen LogP) is 3.18. The van der Waals surface area contributed by atoms with E-state index in [1.165, 1.54) is 12.1 Å². The second-order valence-corrected chi connectivity index (χ2v) is 5.84.